The highest BCUT2D eigenvalue weighted by molar-refractivity contribution is 8.18. The van der Waals surface area contributed by atoms with Crippen molar-refractivity contribution in [3.05, 3.63) is 79.3 Å². The fourth-order valence-corrected chi connectivity index (χ4v) is 3.55. The number of amides is 3. The molecule has 1 fully saturated rings. The van der Waals surface area contributed by atoms with Crippen molar-refractivity contribution >= 4 is 40.6 Å². The van der Waals surface area contributed by atoms with Crippen LogP contribution in [0.3, 0.4) is 0 Å². The van der Waals surface area contributed by atoms with Crippen LogP contribution in [0.15, 0.2) is 52.3 Å². The predicted octanol–water partition coefficient (Wildman–Crippen LogP) is 1.75. The summed E-state index contributed by atoms with van der Waals surface area (Å²) in [5.74, 6) is -1.77. The number of carbonyl (C=O) groups is 3. The molecule has 1 aromatic heterocycles. The number of nitro groups is 1. The van der Waals surface area contributed by atoms with E-state index >= 15 is 0 Å². The average molecular weight is 446 g/mol. The van der Waals surface area contributed by atoms with Crippen LogP contribution in [0.25, 0.3) is 6.08 Å². The molecule has 1 aromatic carbocycles. The van der Waals surface area contributed by atoms with Gasteiger partial charge in [-0.3, -0.25) is 38.8 Å². The highest BCUT2D eigenvalue weighted by Gasteiger charge is 2.34. The second-order valence-electron chi connectivity index (χ2n) is 6.32. The zero-order valence-corrected chi connectivity index (χ0v) is 16.6. The Morgan fingerprint density at radius 2 is 1.94 bits per heavy atom. The minimum Gasteiger partial charge on any atom is -0.353 e. The third-order valence-electron chi connectivity index (χ3n) is 4.22. The number of carbonyl (C=O) groups excluding carboxylic acids is 3. The summed E-state index contributed by atoms with van der Waals surface area (Å²) in [5.41, 5.74) is -0.763. The standard InChI is InChI=1S/C19H15FN4O6S/c20-14-4-2-1-3-12(14)9-15-18(27)23(19(28)31-15)8-7-21-16(25)11-22-10-13(24(29)30)5-6-17(22)26/h1-6,9-10H,7-8,11H2,(H,21,25)/b15-9-. The van der Waals surface area contributed by atoms with Crippen LogP contribution < -0.4 is 10.9 Å². The lowest BCUT2D eigenvalue weighted by Crippen LogP contribution is -2.39. The number of thioether (sulfide) groups is 1. The molecule has 1 N–H and O–H groups in total. The molecule has 10 nitrogen and oxygen atoms in total. The third kappa shape index (κ3) is 5.22. The molecule has 0 unspecified atom stereocenters. The minimum absolute atomic E-state index is 0.0598. The van der Waals surface area contributed by atoms with Gasteiger partial charge in [0.05, 0.1) is 16.0 Å². The fourth-order valence-electron chi connectivity index (χ4n) is 2.69. The van der Waals surface area contributed by atoms with E-state index in [1.165, 1.54) is 24.3 Å². The second-order valence-corrected chi connectivity index (χ2v) is 7.31. The van der Waals surface area contributed by atoms with E-state index in [9.17, 15) is 33.7 Å². The van der Waals surface area contributed by atoms with Gasteiger partial charge in [-0.1, -0.05) is 18.2 Å². The highest BCUT2D eigenvalue weighted by atomic mass is 32.2. The molecule has 0 radical (unpaired) electrons. The molecule has 31 heavy (non-hydrogen) atoms. The number of nitrogens with one attached hydrogen (secondary N) is 1. The van der Waals surface area contributed by atoms with Gasteiger partial charge in [0.1, 0.15) is 12.4 Å². The summed E-state index contributed by atoms with van der Waals surface area (Å²) in [6.07, 6.45) is 2.24. The molecule has 12 heteroatoms. The molecule has 1 saturated heterocycles. The first-order valence-corrected chi connectivity index (χ1v) is 9.69. The third-order valence-corrected chi connectivity index (χ3v) is 5.12. The summed E-state index contributed by atoms with van der Waals surface area (Å²) >= 11 is 0.663. The summed E-state index contributed by atoms with van der Waals surface area (Å²) < 4.78 is 14.6. The Kier molecular flexibility index (Phi) is 6.60. The van der Waals surface area contributed by atoms with Crippen LogP contribution in [0.2, 0.25) is 0 Å². The number of halogens is 1. The van der Waals surface area contributed by atoms with Gasteiger partial charge in [-0.25, -0.2) is 4.39 Å². The second kappa shape index (κ2) is 9.34. The van der Waals surface area contributed by atoms with Crippen LogP contribution in [0, 0.1) is 15.9 Å². The normalized spacial score (nSPS) is 14.9. The van der Waals surface area contributed by atoms with E-state index in [-0.39, 0.29) is 29.2 Å². The summed E-state index contributed by atoms with van der Waals surface area (Å²) in [4.78, 5) is 59.4. The molecule has 0 aliphatic carbocycles. The lowest BCUT2D eigenvalue weighted by molar-refractivity contribution is -0.385. The van der Waals surface area contributed by atoms with Crippen molar-refractivity contribution in [1.82, 2.24) is 14.8 Å². The number of hydrogen-bond donors (Lipinski definition) is 1. The van der Waals surface area contributed by atoms with E-state index in [4.69, 9.17) is 0 Å². The zero-order chi connectivity index (χ0) is 22.5. The molecule has 160 valence electrons. The number of nitrogens with zero attached hydrogens (tertiary/aromatic N) is 3. The number of hydrogen-bond acceptors (Lipinski definition) is 7. The lowest BCUT2D eigenvalue weighted by Gasteiger charge is -2.13. The van der Waals surface area contributed by atoms with Crippen molar-refractivity contribution < 1.29 is 23.7 Å². The molecule has 2 heterocycles. The van der Waals surface area contributed by atoms with Crippen LogP contribution >= 0.6 is 11.8 Å². The first-order chi connectivity index (χ1) is 14.8. The maximum absolute atomic E-state index is 13.8. The molecule has 1 aliphatic rings. The SMILES string of the molecule is O=C(Cn1cc([N+](=O)[O-])ccc1=O)NCCN1C(=O)S/C(=C\c2ccccc2F)C1=O. The van der Waals surface area contributed by atoms with Gasteiger partial charge in [-0.05, 0) is 23.9 Å². The largest absolute Gasteiger partial charge is 0.353 e. The van der Waals surface area contributed by atoms with Gasteiger partial charge in [-0.2, -0.15) is 0 Å². The Morgan fingerprint density at radius 1 is 1.19 bits per heavy atom. The van der Waals surface area contributed by atoms with Gasteiger partial charge in [0.15, 0.2) is 0 Å². The summed E-state index contributed by atoms with van der Waals surface area (Å²) in [6, 6.07) is 7.82. The van der Waals surface area contributed by atoms with Crippen LogP contribution in [-0.4, -0.2) is 44.5 Å². The smallest absolute Gasteiger partial charge is 0.293 e. The molecular weight excluding hydrogens is 431 g/mol. The number of imide groups is 1. The maximum Gasteiger partial charge on any atom is 0.293 e. The maximum atomic E-state index is 13.8. The minimum atomic E-state index is -0.692. The van der Waals surface area contributed by atoms with Gasteiger partial charge in [0.25, 0.3) is 22.4 Å². The van der Waals surface area contributed by atoms with Crippen molar-refractivity contribution in [3.8, 4) is 0 Å². The monoisotopic (exact) mass is 446 g/mol. The molecule has 3 amide bonds. The van der Waals surface area contributed by atoms with Gasteiger partial charge in [0, 0.05) is 30.8 Å². The number of pyridine rings is 1. The Balaban J connectivity index is 1.58. The predicted molar refractivity (Wildman–Crippen MR) is 109 cm³/mol. The van der Waals surface area contributed by atoms with Gasteiger partial charge in [0.2, 0.25) is 5.91 Å². The van der Waals surface area contributed by atoms with E-state index in [1.807, 2.05) is 0 Å². The molecule has 0 atom stereocenters. The fraction of sp³-hybridized carbons (Fsp3) is 0.158. The summed E-state index contributed by atoms with van der Waals surface area (Å²) in [6.45, 7) is -0.683. The van der Waals surface area contributed by atoms with Crippen molar-refractivity contribution in [2.75, 3.05) is 13.1 Å². The molecule has 1 aliphatic heterocycles. The van der Waals surface area contributed by atoms with E-state index in [1.54, 1.807) is 6.07 Å². The van der Waals surface area contributed by atoms with Crippen LogP contribution in [0.1, 0.15) is 5.56 Å². The summed E-state index contributed by atoms with van der Waals surface area (Å²) in [7, 11) is 0. The van der Waals surface area contributed by atoms with Crippen LogP contribution in [0.4, 0.5) is 14.9 Å². The van der Waals surface area contributed by atoms with Crippen LogP contribution in [0.5, 0.6) is 0 Å². The molecule has 3 rings (SSSR count). The van der Waals surface area contributed by atoms with E-state index in [2.05, 4.69) is 5.32 Å². The Hall–Kier alpha value is -3.80. The lowest BCUT2D eigenvalue weighted by atomic mass is 10.2. The zero-order valence-electron chi connectivity index (χ0n) is 15.8. The van der Waals surface area contributed by atoms with Gasteiger partial charge in [-0.15, -0.1) is 0 Å². The Bertz CT molecular complexity index is 1160. The first-order valence-electron chi connectivity index (χ1n) is 8.88. The number of benzene rings is 1. The van der Waals surface area contributed by atoms with Crippen molar-refractivity contribution in [2.24, 2.45) is 0 Å². The van der Waals surface area contributed by atoms with Gasteiger partial charge < -0.3 is 5.32 Å². The van der Waals surface area contributed by atoms with E-state index in [0.29, 0.717) is 11.8 Å². The quantitative estimate of drug-likeness (QED) is 0.389. The number of aromatic nitrogens is 1. The summed E-state index contributed by atoms with van der Waals surface area (Å²) in [5, 5.41) is 12.7. The Labute approximate surface area is 178 Å². The highest BCUT2D eigenvalue weighted by Crippen LogP contribution is 2.32. The average Bonchev–Trinajstić information content (AvgIpc) is 2.98. The number of rotatable bonds is 7. The molecule has 0 bridgehead atoms. The van der Waals surface area contributed by atoms with E-state index < -0.39 is 39.9 Å². The first kappa shape index (κ1) is 21.9. The molecule has 0 saturated carbocycles. The molecular formula is C19H15FN4O6S. The topological polar surface area (TPSA) is 132 Å². The van der Waals surface area contributed by atoms with Crippen molar-refractivity contribution in [2.45, 2.75) is 6.54 Å². The van der Waals surface area contributed by atoms with Crippen LogP contribution in [-0.2, 0) is 16.1 Å². The van der Waals surface area contributed by atoms with Crippen molar-refractivity contribution in [3.63, 3.8) is 0 Å². The molecule has 0 spiro atoms. The van der Waals surface area contributed by atoms with E-state index in [0.717, 1.165) is 27.8 Å². The van der Waals surface area contributed by atoms with Crippen molar-refractivity contribution in [1.29, 1.82) is 0 Å². The Morgan fingerprint density at radius 3 is 2.65 bits per heavy atom. The van der Waals surface area contributed by atoms with Gasteiger partial charge >= 0.3 is 0 Å². The molecule has 2 aromatic rings.